The Bertz CT molecular complexity index is 660. The molecule has 3 N–H and O–H groups in total. The third kappa shape index (κ3) is 17.0. The Labute approximate surface area is 196 Å². The maximum Gasteiger partial charge on any atom is 0.315 e. The summed E-state index contributed by atoms with van der Waals surface area (Å²) in [6.45, 7) is 10.5. The molecule has 0 aromatic carbocycles. The number of unbranched alkanes of at least 4 members (excludes halogenated alkanes) is 7. The predicted molar refractivity (Wildman–Crippen MR) is 133 cm³/mol. The summed E-state index contributed by atoms with van der Waals surface area (Å²) >= 11 is 0. The third-order valence-electron chi connectivity index (χ3n) is 5.16. The maximum absolute atomic E-state index is 12.8. The highest BCUT2D eigenvalue weighted by Gasteiger charge is 2.26. The first-order valence-electron chi connectivity index (χ1n) is 12.2. The molecule has 0 aliphatic heterocycles. The summed E-state index contributed by atoms with van der Waals surface area (Å²) in [5.74, 6) is -0.154. The standard InChI is InChI=1S/C24H47N3O4S/c1-7-8-9-10-11-12-13-14-16-25-24(29)27-22(20(4)5)23(28)26-21(18-19(2)3)15-17-32(6,30)31/h15,17,19-22H,7-14,16,18H2,1-6H3,(H,26,28)(H2,25,27,29)/b17-15+/t21-,22+/m1/s1. The number of carbonyl (C=O) groups excluding carboxylic acids is 2. The zero-order valence-corrected chi connectivity index (χ0v) is 21.9. The Morgan fingerprint density at radius 2 is 1.44 bits per heavy atom. The summed E-state index contributed by atoms with van der Waals surface area (Å²) in [5, 5.41) is 9.61. The van der Waals surface area contributed by atoms with E-state index in [2.05, 4.69) is 22.9 Å². The van der Waals surface area contributed by atoms with Gasteiger partial charge in [0.15, 0.2) is 9.84 Å². The molecule has 0 saturated heterocycles. The number of nitrogens with one attached hydrogen (secondary N) is 3. The molecule has 7 nitrogen and oxygen atoms in total. The summed E-state index contributed by atoms with van der Waals surface area (Å²) < 4.78 is 22.9. The van der Waals surface area contributed by atoms with Crippen LogP contribution in [-0.2, 0) is 14.6 Å². The van der Waals surface area contributed by atoms with E-state index in [9.17, 15) is 18.0 Å². The van der Waals surface area contributed by atoms with Crippen LogP contribution in [0.25, 0.3) is 0 Å². The number of rotatable bonds is 17. The van der Waals surface area contributed by atoms with E-state index in [0.29, 0.717) is 13.0 Å². The first-order chi connectivity index (χ1) is 15.0. The smallest absolute Gasteiger partial charge is 0.315 e. The number of hydrogen-bond donors (Lipinski definition) is 3. The minimum absolute atomic E-state index is 0.109. The summed E-state index contributed by atoms with van der Waals surface area (Å²) in [4.78, 5) is 25.1. The van der Waals surface area contributed by atoms with Crippen LogP contribution >= 0.6 is 0 Å². The minimum Gasteiger partial charge on any atom is -0.348 e. The molecule has 0 unspecified atom stereocenters. The molecule has 0 radical (unpaired) electrons. The Hall–Kier alpha value is -1.57. The molecule has 32 heavy (non-hydrogen) atoms. The van der Waals surface area contributed by atoms with Gasteiger partial charge < -0.3 is 16.0 Å². The van der Waals surface area contributed by atoms with E-state index >= 15 is 0 Å². The molecule has 8 heteroatoms. The van der Waals surface area contributed by atoms with Gasteiger partial charge in [-0.15, -0.1) is 0 Å². The topological polar surface area (TPSA) is 104 Å². The van der Waals surface area contributed by atoms with Crippen molar-refractivity contribution in [2.45, 2.75) is 104 Å². The highest BCUT2D eigenvalue weighted by Crippen LogP contribution is 2.10. The van der Waals surface area contributed by atoms with Crippen LogP contribution in [0.3, 0.4) is 0 Å². The lowest BCUT2D eigenvalue weighted by Gasteiger charge is -2.25. The highest BCUT2D eigenvalue weighted by molar-refractivity contribution is 7.93. The summed E-state index contributed by atoms with van der Waals surface area (Å²) in [6, 6.07) is -1.47. The van der Waals surface area contributed by atoms with E-state index in [1.807, 2.05) is 27.7 Å². The second-order valence-corrected chi connectivity index (χ2v) is 11.4. The van der Waals surface area contributed by atoms with Gasteiger partial charge in [-0.1, -0.05) is 85.6 Å². The number of urea groups is 1. The fourth-order valence-corrected chi connectivity index (χ4v) is 3.87. The highest BCUT2D eigenvalue weighted by atomic mass is 32.2. The van der Waals surface area contributed by atoms with E-state index in [4.69, 9.17) is 0 Å². The van der Waals surface area contributed by atoms with Crippen LogP contribution in [0.15, 0.2) is 11.5 Å². The van der Waals surface area contributed by atoms with Crippen LogP contribution in [0.4, 0.5) is 4.79 Å². The fraction of sp³-hybridized carbons (Fsp3) is 0.833. The first kappa shape index (κ1) is 30.4. The van der Waals surface area contributed by atoms with E-state index in [1.54, 1.807) is 0 Å². The first-order valence-corrected chi connectivity index (χ1v) is 14.1. The van der Waals surface area contributed by atoms with Crippen molar-refractivity contribution in [3.05, 3.63) is 11.5 Å². The van der Waals surface area contributed by atoms with Crippen molar-refractivity contribution in [3.8, 4) is 0 Å². The van der Waals surface area contributed by atoms with Gasteiger partial charge in [-0.05, 0) is 24.7 Å². The molecule has 0 spiro atoms. The molecule has 0 aromatic heterocycles. The lowest BCUT2D eigenvalue weighted by atomic mass is 10.0. The van der Waals surface area contributed by atoms with Crippen LogP contribution in [0.5, 0.6) is 0 Å². The predicted octanol–water partition coefficient (Wildman–Crippen LogP) is 4.54. The van der Waals surface area contributed by atoms with Crippen molar-refractivity contribution in [1.82, 2.24) is 16.0 Å². The van der Waals surface area contributed by atoms with Crippen molar-refractivity contribution in [2.75, 3.05) is 12.8 Å². The molecule has 0 fully saturated rings. The SMILES string of the molecule is CCCCCCCCCCNC(=O)N[C@H](C(=O)N[C@H](/C=C/S(C)(=O)=O)CC(C)C)C(C)C. The van der Waals surface area contributed by atoms with Gasteiger partial charge in [0.25, 0.3) is 0 Å². The molecular weight excluding hydrogens is 426 g/mol. The second-order valence-electron chi connectivity index (χ2n) is 9.50. The number of carbonyl (C=O) groups is 2. The minimum atomic E-state index is -3.28. The van der Waals surface area contributed by atoms with Gasteiger partial charge in [0.05, 0.1) is 0 Å². The van der Waals surface area contributed by atoms with Gasteiger partial charge in [-0.3, -0.25) is 4.79 Å². The third-order valence-corrected chi connectivity index (χ3v) is 5.81. The van der Waals surface area contributed by atoms with Gasteiger partial charge >= 0.3 is 6.03 Å². The van der Waals surface area contributed by atoms with E-state index < -0.39 is 21.9 Å². The summed E-state index contributed by atoms with van der Waals surface area (Å²) in [5.41, 5.74) is 0. The number of sulfone groups is 1. The van der Waals surface area contributed by atoms with Crippen LogP contribution < -0.4 is 16.0 Å². The average molecular weight is 474 g/mol. The molecular formula is C24H47N3O4S. The lowest BCUT2D eigenvalue weighted by molar-refractivity contribution is -0.124. The Kier molecular flexibility index (Phi) is 16.1. The van der Waals surface area contributed by atoms with Gasteiger partial charge in [0.2, 0.25) is 5.91 Å². The monoisotopic (exact) mass is 473 g/mol. The van der Waals surface area contributed by atoms with Gasteiger partial charge in [0, 0.05) is 24.3 Å². The zero-order chi connectivity index (χ0) is 24.6. The van der Waals surface area contributed by atoms with Crippen molar-refractivity contribution in [2.24, 2.45) is 11.8 Å². The number of amides is 3. The summed E-state index contributed by atoms with van der Waals surface area (Å²) in [6.07, 6.45) is 12.8. The fourth-order valence-electron chi connectivity index (χ4n) is 3.39. The van der Waals surface area contributed by atoms with E-state index in [1.165, 1.54) is 44.6 Å². The van der Waals surface area contributed by atoms with Crippen LogP contribution in [0.1, 0.15) is 92.4 Å². The largest absolute Gasteiger partial charge is 0.348 e. The quantitative estimate of drug-likeness (QED) is 0.270. The van der Waals surface area contributed by atoms with Crippen LogP contribution in [0.2, 0.25) is 0 Å². The summed E-state index contributed by atoms with van der Waals surface area (Å²) in [7, 11) is -3.28. The van der Waals surface area contributed by atoms with Crippen molar-refractivity contribution in [1.29, 1.82) is 0 Å². The molecule has 0 bridgehead atoms. The van der Waals surface area contributed by atoms with Crippen molar-refractivity contribution < 1.29 is 18.0 Å². The lowest BCUT2D eigenvalue weighted by Crippen LogP contribution is -2.54. The van der Waals surface area contributed by atoms with Crippen molar-refractivity contribution in [3.63, 3.8) is 0 Å². The average Bonchev–Trinajstić information content (AvgIpc) is 2.67. The van der Waals surface area contributed by atoms with Crippen molar-refractivity contribution >= 4 is 21.8 Å². The van der Waals surface area contributed by atoms with Gasteiger partial charge in [-0.25, -0.2) is 13.2 Å². The Morgan fingerprint density at radius 3 is 1.94 bits per heavy atom. The van der Waals surface area contributed by atoms with Gasteiger partial charge in [-0.2, -0.15) is 0 Å². The molecule has 3 amide bonds. The Balaban J connectivity index is 4.56. The van der Waals surface area contributed by atoms with E-state index in [-0.39, 0.29) is 23.8 Å². The zero-order valence-electron chi connectivity index (χ0n) is 21.1. The van der Waals surface area contributed by atoms with E-state index in [0.717, 1.165) is 24.5 Å². The van der Waals surface area contributed by atoms with Gasteiger partial charge in [0.1, 0.15) is 6.04 Å². The maximum atomic E-state index is 12.8. The molecule has 0 rings (SSSR count). The number of hydrogen-bond acceptors (Lipinski definition) is 4. The molecule has 0 heterocycles. The molecule has 0 saturated carbocycles. The molecule has 2 atom stereocenters. The van der Waals surface area contributed by atoms with Crippen LogP contribution in [-0.4, -0.2) is 45.2 Å². The van der Waals surface area contributed by atoms with Crippen LogP contribution in [0, 0.1) is 11.8 Å². The molecule has 0 aliphatic carbocycles. The second kappa shape index (κ2) is 17.0. The Morgan fingerprint density at radius 1 is 0.875 bits per heavy atom. The molecule has 0 aromatic rings. The molecule has 0 aliphatic rings. The molecule has 188 valence electrons. The normalized spacial score (nSPS) is 14.0.